The first-order chi connectivity index (χ1) is 5.86. The van der Waals surface area contributed by atoms with E-state index in [9.17, 15) is 0 Å². The van der Waals surface area contributed by atoms with E-state index in [1.54, 1.807) is 0 Å². The number of hydrogen-bond acceptors (Lipinski definition) is 0. The van der Waals surface area contributed by atoms with Gasteiger partial charge in [-0.05, 0) is 42.9 Å². The van der Waals surface area contributed by atoms with Crippen molar-refractivity contribution >= 4 is 0 Å². The van der Waals surface area contributed by atoms with Gasteiger partial charge in [0.2, 0.25) is 0 Å². The maximum atomic E-state index is 3.94. The second kappa shape index (κ2) is 3.08. The molecule has 0 amide bonds. The summed E-state index contributed by atoms with van der Waals surface area (Å²) in [5.41, 5.74) is 0. The molecular weight excluding hydrogens is 144 g/mol. The van der Waals surface area contributed by atoms with Crippen LogP contribution >= 0.6 is 0 Å². The Kier molecular flexibility index (Phi) is 2.08. The number of allylic oxidation sites excluding steroid dienone is 2. The van der Waals surface area contributed by atoms with Gasteiger partial charge in [0.05, 0.1) is 0 Å². The largest absolute Gasteiger partial charge is 0.103 e. The monoisotopic (exact) mass is 162 g/mol. The van der Waals surface area contributed by atoms with Crippen LogP contribution in [0.15, 0.2) is 25.3 Å². The quantitative estimate of drug-likeness (QED) is 0.546. The molecule has 2 aliphatic rings. The maximum absolute atomic E-state index is 3.94. The molecule has 66 valence electrons. The molecule has 2 rings (SSSR count). The predicted molar refractivity (Wildman–Crippen MR) is 52.8 cm³/mol. The molecule has 0 aromatic rings. The fraction of sp³-hybridized carbons (Fsp3) is 0.667. The molecule has 0 radical (unpaired) electrons. The molecule has 0 nitrogen and oxygen atoms in total. The van der Waals surface area contributed by atoms with Crippen LogP contribution in [0.1, 0.15) is 25.7 Å². The summed E-state index contributed by atoms with van der Waals surface area (Å²) >= 11 is 0. The molecular formula is C12H18. The van der Waals surface area contributed by atoms with Gasteiger partial charge in [0.1, 0.15) is 0 Å². The lowest BCUT2D eigenvalue weighted by molar-refractivity contribution is 0.381. The predicted octanol–water partition coefficient (Wildman–Crippen LogP) is 3.41. The van der Waals surface area contributed by atoms with Gasteiger partial charge in [-0.25, -0.2) is 0 Å². The summed E-state index contributed by atoms with van der Waals surface area (Å²) in [6, 6.07) is 0. The Labute approximate surface area is 75.4 Å². The van der Waals surface area contributed by atoms with Crippen LogP contribution in [0.3, 0.4) is 0 Å². The van der Waals surface area contributed by atoms with Gasteiger partial charge < -0.3 is 0 Å². The number of hydrogen-bond donors (Lipinski definition) is 0. The van der Waals surface area contributed by atoms with E-state index < -0.39 is 0 Å². The highest BCUT2D eigenvalue weighted by molar-refractivity contribution is 5.04. The molecule has 4 unspecified atom stereocenters. The molecule has 0 spiro atoms. The van der Waals surface area contributed by atoms with Gasteiger partial charge in [0, 0.05) is 0 Å². The van der Waals surface area contributed by atoms with Crippen LogP contribution in [-0.2, 0) is 0 Å². The number of rotatable bonds is 2. The summed E-state index contributed by atoms with van der Waals surface area (Å²) in [5, 5.41) is 0. The van der Waals surface area contributed by atoms with Crippen molar-refractivity contribution in [2.75, 3.05) is 0 Å². The van der Waals surface area contributed by atoms with Crippen LogP contribution in [0.2, 0.25) is 0 Å². The van der Waals surface area contributed by atoms with Crippen LogP contribution in [0.25, 0.3) is 0 Å². The standard InChI is InChI=1S/C12H18/c1-3-9-8-10(4-2)12-7-5-6-11(9)12/h3-4,9-12H,1-2,5-8H2. The fourth-order valence-corrected chi connectivity index (χ4v) is 3.29. The molecule has 0 bridgehead atoms. The first-order valence-electron chi connectivity index (χ1n) is 5.12. The Morgan fingerprint density at radius 2 is 1.42 bits per heavy atom. The molecule has 4 atom stereocenters. The molecule has 2 fully saturated rings. The highest BCUT2D eigenvalue weighted by Crippen LogP contribution is 2.51. The molecule has 2 aliphatic carbocycles. The zero-order valence-electron chi connectivity index (χ0n) is 7.71. The third-order valence-corrected chi connectivity index (χ3v) is 3.87. The minimum Gasteiger partial charge on any atom is -0.103 e. The molecule has 0 aromatic carbocycles. The van der Waals surface area contributed by atoms with Crippen LogP contribution in [0.4, 0.5) is 0 Å². The Hall–Kier alpha value is -0.520. The Morgan fingerprint density at radius 1 is 0.917 bits per heavy atom. The van der Waals surface area contributed by atoms with Crippen LogP contribution in [0, 0.1) is 23.7 Å². The van der Waals surface area contributed by atoms with E-state index in [1.165, 1.54) is 25.7 Å². The Bertz CT molecular complexity index is 172. The molecule has 0 saturated heterocycles. The lowest BCUT2D eigenvalue weighted by Crippen LogP contribution is -2.08. The van der Waals surface area contributed by atoms with E-state index in [-0.39, 0.29) is 0 Å². The van der Waals surface area contributed by atoms with Gasteiger partial charge in [0.15, 0.2) is 0 Å². The van der Waals surface area contributed by atoms with Gasteiger partial charge in [-0.1, -0.05) is 18.6 Å². The average molecular weight is 162 g/mol. The van der Waals surface area contributed by atoms with Crippen molar-refractivity contribution in [3.05, 3.63) is 25.3 Å². The summed E-state index contributed by atoms with van der Waals surface area (Å²) in [6.45, 7) is 7.88. The third kappa shape index (κ3) is 1.05. The van der Waals surface area contributed by atoms with Gasteiger partial charge in [-0.2, -0.15) is 0 Å². The Balaban J connectivity index is 2.15. The van der Waals surface area contributed by atoms with E-state index in [0.29, 0.717) is 0 Å². The Morgan fingerprint density at radius 3 is 1.83 bits per heavy atom. The van der Waals surface area contributed by atoms with Crippen molar-refractivity contribution in [1.29, 1.82) is 0 Å². The molecule has 0 heterocycles. The molecule has 0 aliphatic heterocycles. The molecule has 0 N–H and O–H groups in total. The summed E-state index contributed by atoms with van der Waals surface area (Å²) in [7, 11) is 0. The van der Waals surface area contributed by atoms with E-state index in [4.69, 9.17) is 0 Å². The maximum Gasteiger partial charge on any atom is -0.0199 e. The van der Waals surface area contributed by atoms with Crippen molar-refractivity contribution in [2.45, 2.75) is 25.7 Å². The van der Waals surface area contributed by atoms with Crippen molar-refractivity contribution in [3.63, 3.8) is 0 Å². The van der Waals surface area contributed by atoms with E-state index >= 15 is 0 Å². The van der Waals surface area contributed by atoms with E-state index in [1.807, 2.05) is 0 Å². The minimum absolute atomic E-state index is 0.792. The normalized spacial score (nSPS) is 45.7. The van der Waals surface area contributed by atoms with Gasteiger partial charge in [-0.3, -0.25) is 0 Å². The summed E-state index contributed by atoms with van der Waals surface area (Å²) < 4.78 is 0. The van der Waals surface area contributed by atoms with Crippen molar-refractivity contribution in [1.82, 2.24) is 0 Å². The lowest BCUT2D eigenvalue weighted by atomic mass is 9.90. The summed E-state index contributed by atoms with van der Waals surface area (Å²) in [6.07, 6.45) is 9.97. The fourth-order valence-electron chi connectivity index (χ4n) is 3.29. The zero-order valence-corrected chi connectivity index (χ0v) is 7.71. The van der Waals surface area contributed by atoms with Crippen LogP contribution < -0.4 is 0 Å². The second-order valence-electron chi connectivity index (χ2n) is 4.29. The van der Waals surface area contributed by atoms with Gasteiger partial charge in [0.25, 0.3) is 0 Å². The van der Waals surface area contributed by atoms with Crippen molar-refractivity contribution < 1.29 is 0 Å². The van der Waals surface area contributed by atoms with Gasteiger partial charge in [-0.15, -0.1) is 13.2 Å². The van der Waals surface area contributed by atoms with Crippen LogP contribution in [0.5, 0.6) is 0 Å². The number of fused-ring (bicyclic) bond motifs is 1. The minimum atomic E-state index is 0.792. The summed E-state index contributed by atoms with van der Waals surface area (Å²) in [4.78, 5) is 0. The smallest absolute Gasteiger partial charge is 0.0199 e. The molecule has 0 heteroatoms. The topological polar surface area (TPSA) is 0 Å². The van der Waals surface area contributed by atoms with Crippen molar-refractivity contribution in [3.8, 4) is 0 Å². The first kappa shape index (κ1) is 8.10. The highest BCUT2D eigenvalue weighted by Gasteiger charge is 2.42. The molecule has 2 saturated carbocycles. The van der Waals surface area contributed by atoms with Crippen molar-refractivity contribution in [2.24, 2.45) is 23.7 Å². The third-order valence-electron chi connectivity index (χ3n) is 3.87. The molecule has 12 heavy (non-hydrogen) atoms. The van der Waals surface area contributed by atoms with Crippen LogP contribution in [-0.4, -0.2) is 0 Å². The lowest BCUT2D eigenvalue weighted by Gasteiger charge is -2.14. The second-order valence-corrected chi connectivity index (χ2v) is 4.29. The first-order valence-corrected chi connectivity index (χ1v) is 5.12. The highest BCUT2D eigenvalue weighted by atomic mass is 14.5. The van der Waals surface area contributed by atoms with E-state index in [2.05, 4.69) is 25.3 Å². The van der Waals surface area contributed by atoms with Gasteiger partial charge >= 0.3 is 0 Å². The zero-order chi connectivity index (χ0) is 8.55. The average Bonchev–Trinajstić information content (AvgIpc) is 2.63. The van der Waals surface area contributed by atoms with E-state index in [0.717, 1.165) is 23.7 Å². The summed E-state index contributed by atoms with van der Waals surface area (Å²) in [5.74, 6) is 3.48. The SMILES string of the molecule is C=CC1CC(C=C)C2CCCC12. The molecule has 0 aromatic heterocycles.